The van der Waals surface area contributed by atoms with Crippen LogP contribution in [0.1, 0.15) is 5.56 Å². The molecule has 0 bridgehead atoms. The van der Waals surface area contributed by atoms with Crippen molar-refractivity contribution in [3.63, 3.8) is 0 Å². The molecule has 1 heterocycles. The second kappa shape index (κ2) is 6.71. The van der Waals surface area contributed by atoms with Crippen LogP contribution in [0.4, 0.5) is 10.5 Å². The highest BCUT2D eigenvalue weighted by molar-refractivity contribution is 7.97. The maximum absolute atomic E-state index is 12.0. The van der Waals surface area contributed by atoms with Crippen LogP contribution >= 0.6 is 11.9 Å². The van der Waals surface area contributed by atoms with Crippen LogP contribution in [0.5, 0.6) is 0 Å². The normalized spacial score (nSPS) is 17.0. The molecular weight excluding hydrogens is 332 g/mol. The summed E-state index contributed by atoms with van der Waals surface area (Å²) >= 11 is 0.842. The first-order valence-corrected chi connectivity index (χ1v) is 7.84. The average Bonchev–Trinajstić information content (AvgIpc) is 2.83. The van der Waals surface area contributed by atoms with Crippen molar-refractivity contribution in [1.29, 1.82) is 0 Å². The van der Waals surface area contributed by atoms with Gasteiger partial charge in [-0.15, -0.1) is 0 Å². The van der Waals surface area contributed by atoms with Gasteiger partial charge in [0, 0.05) is 24.4 Å². The molecule has 1 aliphatic heterocycles. The van der Waals surface area contributed by atoms with Gasteiger partial charge in [-0.1, -0.05) is 42.5 Å². The molecule has 24 heavy (non-hydrogen) atoms. The van der Waals surface area contributed by atoms with Gasteiger partial charge in [0.2, 0.25) is 0 Å². The Balaban J connectivity index is 1.86. The molecule has 0 spiro atoms. The molecule has 0 aromatic heterocycles. The molecule has 2 aromatic carbocycles. The lowest BCUT2D eigenvalue weighted by atomic mass is 10.1. The Bertz CT molecular complexity index is 796. The summed E-state index contributed by atoms with van der Waals surface area (Å²) in [5.74, 6) is -0.657. The Morgan fingerprint density at radius 3 is 2.46 bits per heavy atom. The van der Waals surface area contributed by atoms with Crippen LogP contribution in [0.15, 0.2) is 59.5 Å². The largest absolute Gasteiger partial charge is 0.428 e. The van der Waals surface area contributed by atoms with E-state index in [0.29, 0.717) is 0 Å². The average molecular weight is 344 g/mol. The lowest BCUT2D eigenvalue weighted by molar-refractivity contribution is -0.387. The molecule has 1 fully saturated rings. The fraction of sp³-hybridized carbons (Fsp3) is 0.125. The smallest absolute Gasteiger partial charge is 0.374 e. The minimum absolute atomic E-state index is 0.131. The van der Waals surface area contributed by atoms with Crippen LogP contribution < -0.4 is 0 Å². The number of rotatable bonds is 5. The first-order valence-electron chi connectivity index (χ1n) is 7.06. The van der Waals surface area contributed by atoms with Crippen molar-refractivity contribution in [2.45, 2.75) is 17.4 Å². The van der Waals surface area contributed by atoms with E-state index >= 15 is 0 Å². The number of esters is 1. The zero-order chi connectivity index (χ0) is 17.1. The van der Waals surface area contributed by atoms with Crippen molar-refractivity contribution < 1.29 is 19.2 Å². The fourth-order valence-electron chi connectivity index (χ4n) is 2.32. The van der Waals surface area contributed by atoms with Crippen LogP contribution in [-0.2, 0) is 16.0 Å². The number of benzene rings is 2. The first-order chi connectivity index (χ1) is 11.6. The van der Waals surface area contributed by atoms with Gasteiger partial charge in [0.15, 0.2) is 0 Å². The van der Waals surface area contributed by atoms with Crippen LogP contribution in [0.25, 0.3) is 0 Å². The summed E-state index contributed by atoms with van der Waals surface area (Å²) in [5.41, 5.74) is 0.732. The van der Waals surface area contributed by atoms with Gasteiger partial charge >= 0.3 is 12.1 Å². The second-order valence-electron chi connectivity index (χ2n) is 5.03. The number of carbonyl (C=O) groups is 2. The van der Waals surface area contributed by atoms with Crippen LogP contribution in [-0.4, -0.2) is 27.3 Å². The number of nitrogens with zero attached hydrogens (tertiary/aromatic N) is 2. The molecule has 122 valence electrons. The van der Waals surface area contributed by atoms with Crippen LogP contribution in [0.3, 0.4) is 0 Å². The van der Waals surface area contributed by atoms with Crippen molar-refractivity contribution >= 4 is 29.7 Å². The molecule has 1 saturated heterocycles. The van der Waals surface area contributed by atoms with E-state index in [0.717, 1.165) is 21.8 Å². The van der Waals surface area contributed by atoms with Crippen molar-refractivity contribution in [2.24, 2.45) is 0 Å². The summed E-state index contributed by atoms with van der Waals surface area (Å²) < 4.78 is 5.84. The number of amides is 1. The van der Waals surface area contributed by atoms with Gasteiger partial charge < -0.3 is 4.74 Å². The summed E-state index contributed by atoms with van der Waals surface area (Å²) in [7, 11) is 0. The molecule has 0 aliphatic carbocycles. The number of para-hydroxylation sites is 1. The predicted octanol–water partition coefficient (Wildman–Crippen LogP) is 3.19. The monoisotopic (exact) mass is 344 g/mol. The summed E-state index contributed by atoms with van der Waals surface area (Å²) in [4.78, 5) is 34.8. The summed E-state index contributed by atoms with van der Waals surface area (Å²) in [6, 6.07) is 14.4. The van der Waals surface area contributed by atoms with Crippen LogP contribution in [0, 0.1) is 10.1 Å². The number of hydrogen-bond acceptors (Lipinski definition) is 6. The maximum atomic E-state index is 12.0. The lowest BCUT2D eigenvalue weighted by Crippen LogP contribution is -2.31. The van der Waals surface area contributed by atoms with Gasteiger partial charge in [0.05, 0.1) is 4.92 Å². The van der Waals surface area contributed by atoms with Crippen molar-refractivity contribution in [2.75, 3.05) is 0 Å². The van der Waals surface area contributed by atoms with Gasteiger partial charge in [-0.05, 0) is 11.6 Å². The third kappa shape index (κ3) is 3.23. The predicted molar refractivity (Wildman–Crippen MR) is 86.2 cm³/mol. The zero-order valence-corrected chi connectivity index (χ0v) is 13.1. The van der Waals surface area contributed by atoms with Gasteiger partial charge in [0.25, 0.3) is 5.69 Å². The van der Waals surface area contributed by atoms with E-state index in [-0.39, 0.29) is 17.0 Å². The highest BCUT2D eigenvalue weighted by Gasteiger charge is 2.42. The summed E-state index contributed by atoms with van der Waals surface area (Å²) in [5, 5.41) is 11.1. The highest BCUT2D eigenvalue weighted by atomic mass is 32.2. The SMILES string of the molecule is O=C1OC(=O)N(Sc2ccccc2[N+](=O)[O-])[C@H]1Cc1ccccc1. The van der Waals surface area contributed by atoms with Crippen LogP contribution in [0.2, 0.25) is 0 Å². The van der Waals surface area contributed by atoms with E-state index in [1.54, 1.807) is 6.07 Å². The molecule has 7 nitrogen and oxygen atoms in total. The third-order valence-electron chi connectivity index (χ3n) is 3.45. The molecule has 0 radical (unpaired) electrons. The summed E-state index contributed by atoms with van der Waals surface area (Å²) in [6.45, 7) is 0. The van der Waals surface area contributed by atoms with Gasteiger partial charge in [-0.3, -0.25) is 10.1 Å². The van der Waals surface area contributed by atoms with E-state index in [1.165, 1.54) is 18.2 Å². The Kier molecular flexibility index (Phi) is 4.48. The van der Waals surface area contributed by atoms with Crippen molar-refractivity contribution in [1.82, 2.24) is 4.31 Å². The Hall–Kier alpha value is -2.87. The van der Waals surface area contributed by atoms with Crippen molar-refractivity contribution in [3.05, 3.63) is 70.3 Å². The Morgan fingerprint density at radius 2 is 1.75 bits per heavy atom. The lowest BCUT2D eigenvalue weighted by Gasteiger charge is -2.18. The summed E-state index contributed by atoms with van der Waals surface area (Å²) in [6.07, 6.45) is -0.539. The van der Waals surface area contributed by atoms with Gasteiger partial charge in [-0.2, -0.15) is 0 Å². The van der Waals surface area contributed by atoms with Crippen molar-refractivity contribution in [3.8, 4) is 0 Å². The molecule has 1 amide bonds. The Labute approximate surface area is 141 Å². The van der Waals surface area contributed by atoms with E-state index in [9.17, 15) is 19.7 Å². The topological polar surface area (TPSA) is 89.8 Å². The molecule has 8 heteroatoms. The molecule has 3 rings (SSSR count). The van der Waals surface area contributed by atoms with E-state index in [2.05, 4.69) is 4.74 Å². The minimum Gasteiger partial charge on any atom is -0.374 e. The number of cyclic esters (lactones) is 2. The minimum atomic E-state index is -0.829. The second-order valence-corrected chi connectivity index (χ2v) is 6.05. The molecule has 1 atom stereocenters. The van der Waals surface area contributed by atoms with Gasteiger partial charge in [0.1, 0.15) is 10.9 Å². The standard InChI is InChI=1S/C16H12N2O5S/c19-15-13(10-11-6-2-1-3-7-11)17(16(20)23-15)24-14-9-5-4-8-12(14)18(21)22/h1-9,13H,10H2/t13-/m0/s1. The molecule has 0 saturated carbocycles. The highest BCUT2D eigenvalue weighted by Crippen LogP contribution is 2.36. The first kappa shape index (κ1) is 16.0. The van der Waals surface area contributed by atoms with E-state index in [1.807, 2.05) is 30.3 Å². The number of carbonyl (C=O) groups excluding carboxylic acids is 2. The third-order valence-corrected chi connectivity index (χ3v) is 4.60. The molecule has 2 aromatic rings. The molecule has 0 N–H and O–H groups in total. The quantitative estimate of drug-likeness (QED) is 0.272. The number of ether oxygens (including phenoxy) is 1. The molecule has 1 aliphatic rings. The Morgan fingerprint density at radius 1 is 1.08 bits per heavy atom. The van der Waals surface area contributed by atoms with E-state index < -0.39 is 23.0 Å². The maximum Gasteiger partial charge on any atom is 0.428 e. The number of nitro benzene ring substituents is 1. The van der Waals surface area contributed by atoms with E-state index in [4.69, 9.17) is 0 Å². The number of nitro groups is 1. The number of hydrogen-bond donors (Lipinski definition) is 0. The molecule has 0 unspecified atom stereocenters. The van der Waals surface area contributed by atoms with Gasteiger partial charge in [-0.25, -0.2) is 13.9 Å². The zero-order valence-electron chi connectivity index (χ0n) is 12.3. The fourth-order valence-corrected chi connectivity index (χ4v) is 3.30. The molecular formula is C16H12N2O5S.